The van der Waals surface area contributed by atoms with Gasteiger partial charge >= 0.3 is 26.2 Å². The third-order valence-corrected chi connectivity index (χ3v) is 6.58. The van der Waals surface area contributed by atoms with Crippen LogP contribution in [0.25, 0.3) is 11.1 Å². The van der Waals surface area contributed by atoms with Gasteiger partial charge in [0, 0.05) is 0 Å². The quantitative estimate of drug-likeness (QED) is 0.277. The van der Waals surface area contributed by atoms with E-state index in [-0.39, 0.29) is 61.8 Å². The van der Waals surface area contributed by atoms with Crippen molar-refractivity contribution in [3.63, 3.8) is 0 Å². The van der Waals surface area contributed by atoms with E-state index in [0.29, 0.717) is 5.41 Å². The maximum absolute atomic E-state index is 3.53. The van der Waals surface area contributed by atoms with Crippen LogP contribution >= 0.6 is 0 Å². The van der Waals surface area contributed by atoms with Crippen LogP contribution in [0.1, 0.15) is 101 Å². The first-order chi connectivity index (χ1) is 14.6. The van der Waals surface area contributed by atoms with Crippen molar-refractivity contribution >= 4 is 0 Å². The van der Waals surface area contributed by atoms with Crippen molar-refractivity contribution in [2.75, 3.05) is 0 Å². The van der Waals surface area contributed by atoms with Crippen LogP contribution in [0.4, 0.5) is 0 Å². The van der Waals surface area contributed by atoms with E-state index in [2.05, 4.69) is 125 Å². The van der Waals surface area contributed by atoms with Crippen LogP contribution in [0.2, 0.25) is 0 Å². The summed E-state index contributed by atoms with van der Waals surface area (Å²) in [4.78, 5) is 0. The molecule has 3 aromatic rings. The molecule has 35 heavy (non-hydrogen) atoms. The molecule has 1 aliphatic carbocycles. The van der Waals surface area contributed by atoms with Gasteiger partial charge in [0.1, 0.15) is 0 Å². The normalized spacial score (nSPS) is 12.2. The van der Waals surface area contributed by atoms with Crippen LogP contribution in [0.15, 0.2) is 42.5 Å². The molecule has 0 atom stereocenters. The van der Waals surface area contributed by atoms with Crippen LogP contribution in [0, 0.1) is 19.9 Å². The molecule has 0 nitrogen and oxygen atoms in total. The van der Waals surface area contributed by atoms with Crippen LogP contribution in [0.5, 0.6) is 0 Å². The van der Waals surface area contributed by atoms with Crippen molar-refractivity contribution in [2.45, 2.75) is 98.8 Å². The van der Waals surface area contributed by atoms with E-state index in [0.717, 1.165) is 6.42 Å². The molecule has 0 saturated carbocycles. The molecule has 0 amide bonds. The molecule has 4 rings (SSSR count). The summed E-state index contributed by atoms with van der Waals surface area (Å²) in [5.41, 5.74) is 13.4. The zero-order valence-electron chi connectivity index (χ0n) is 23.5. The van der Waals surface area contributed by atoms with E-state index in [1.165, 1.54) is 50.1 Å². The molecule has 0 fully saturated rings. The average molecular weight is 589 g/mol. The molecule has 3 aromatic carbocycles. The second-order valence-corrected chi connectivity index (χ2v) is 12.7. The second-order valence-electron chi connectivity index (χ2n) is 12.7. The Morgan fingerprint density at radius 1 is 0.714 bits per heavy atom. The van der Waals surface area contributed by atoms with Gasteiger partial charge in [0.25, 0.3) is 0 Å². The van der Waals surface area contributed by atoms with Gasteiger partial charge in [-0.3, -0.25) is 0 Å². The SMILES string of the molecule is CC(C)(C)c1c[c-]c2c(c1)-c1cc(C(C)(C)C)ccc1C2.Cc1cc(C(C)(C)C)c(C)[cH-]1.[Cl-].[Cl-].[Zr+4]. The summed E-state index contributed by atoms with van der Waals surface area (Å²) in [5, 5.41) is 0. The maximum atomic E-state index is 3.53. The Labute approximate surface area is 247 Å². The zero-order chi connectivity index (χ0) is 24.1. The molecule has 0 radical (unpaired) electrons. The molecule has 0 saturated heterocycles. The van der Waals surface area contributed by atoms with Gasteiger partial charge in [-0.25, -0.2) is 6.07 Å². The third kappa shape index (κ3) is 8.12. The smallest absolute Gasteiger partial charge is 1.00 e. The standard InChI is InChI=1S/C21H25.C11H17.2ClH.Zr/c1-20(2,3)16-9-7-14-11-15-8-10-17(21(4,5)6)13-19(15)18(14)12-16;1-8-6-9(2)10(7-8)11(3,4)5;;;/h7,9-10,12-13H,11H2,1-6H3;6-7H,1-5H3;2*1H;/q2*-1;;;+4/p-2. The molecule has 0 heterocycles. The first kappa shape index (κ1) is 34.3. The molecular weight excluding hydrogens is 546 g/mol. The van der Waals surface area contributed by atoms with E-state index in [4.69, 9.17) is 0 Å². The van der Waals surface area contributed by atoms with Crippen LogP contribution in [-0.4, -0.2) is 0 Å². The van der Waals surface area contributed by atoms with E-state index < -0.39 is 0 Å². The number of hydrogen-bond donors (Lipinski definition) is 0. The van der Waals surface area contributed by atoms with E-state index in [9.17, 15) is 0 Å². The van der Waals surface area contributed by atoms with Crippen molar-refractivity contribution in [1.82, 2.24) is 0 Å². The Morgan fingerprint density at radius 3 is 1.69 bits per heavy atom. The van der Waals surface area contributed by atoms with Crippen molar-refractivity contribution in [1.29, 1.82) is 0 Å². The molecule has 3 heteroatoms. The number of rotatable bonds is 0. The Hall–Kier alpha value is -0.747. The fourth-order valence-electron chi connectivity index (χ4n) is 4.60. The molecule has 0 aromatic heterocycles. The fourth-order valence-corrected chi connectivity index (χ4v) is 4.60. The van der Waals surface area contributed by atoms with Crippen molar-refractivity contribution in [3.05, 3.63) is 87.5 Å². The fraction of sp³-hybridized carbons (Fsp3) is 0.469. The minimum Gasteiger partial charge on any atom is -1.00 e. The summed E-state index contributed by atoms with van der Waals surface area (Å²) in [6.45, 7) is 24.8. The van der Waals surface area contributed by atoms with E-state index >= 15 is 0 Å². The van der Waals surface area contributed by atoms with Gasteiger partial charge in [-0.05, 0) is 17.4 Å². The number of halogens is 2. The molecule has 0 spiro atoms. The Morgan fingerprint density at radius 2 is 1.26 bits per heavy atom. The Kier molecular flexibility index (Phi) is 11.9. The van der Waals surface area contributed by atoms with Crippen molar-refractivity contribution < 1.29 is 51.0 Å². The molecule has 0 aliphatic heterocycles. The van der Waals surface area contributed by atoms with Crippen molar-refractivity contribution in [3.8, 4) is 11.1 Å². The molecule has 0 unspecified atom stereocenters. The van der Waals surface area contributed by atoms with Gasteiger partial charge in [-0.1, -0.05) is 116 Å². The van der Waals surface area contributed by atoms with Gasteiger partial charge in [0.15, 0.2) is 0 Å². The molecule has 0 N–H and O–H groups in total. The molecule has 1 aliphatic rings. The Bertz CT molecular complexity index is 1050. The first-order valence-electron chi connectivity index (χ1n) is 12.0. The van der Waals surface area contributed by atoms with Gasteiger partial charge in [-0.2, -0.15) is 52.1 Å². The third-order valence-electron chi connectivity index (χ3n) is 6.58. The largest absolute Gasteiger partial charge is 4.00 e. The average Bonchev–Trinajstić information content (AvgIpc) is 3.18. The minimum atomic E-state index is 0. The summed E-state index contributed by atoms with van der Waals surface area (Å²) in [7, 11) is 0. The molecular formula is C32H42Cl2Zr. The monoisotopic (exact) mass is 586 g/mol. The maximum Gasteiger partial charge on any atom is 4.00 e. The first-order valence-corrected chi connectivity index (χ1v) is 12.0. The van der Waals surface area contributed by atoms with Crippen LogP contribution < -0.4 is 24.8 Å². The van der Waals surface area contributed by atoms with Gasteiger partial charge in [0.2, 0.25) is 0 Å². The van der Waals surface area contributed by atoms with Crippen LogP contribution in [0.3, 0.4) is 0 Å². The van der Waals surface area contributed by atoms with E-state index in [1.807, 2.05) is 0 Å². The molecule has 0 bridgehead atoms. The topological polar surface area (TPSA) is 0 Å². The van der Waals surface area contributed by atoms with Gasteiger partial charge < -0.3 is 24.8 Å². The Balaban J connectivity index is 0.000000714. The number of fused-ring (bicyclic) bond motifs is 3. The molecule has 188 valence electrons. The zero-order valence-corrected chi connectivity index (χ0v) is 27.5. The minimum absolute atomic E-state index is 0. The summed E-state index contributed by atoms with van der Waals surface area (Å²) in [6, 6.07) is 19.6. The van der Waals surface area contributed by atoms with Gasteiger partial charge in [0.05, 0.1) is 0 Å². The summed E-state index contributed by atoms with van der Waals surface area (Å²) in [5.74, 6) is 0. The summed E-state index contributed by atoms with van der Waals surface area (Å²) >= 11 is 0. The summed E-state index contributed by atoms with van der Waals surface area (Å²) < 4.78 is 0. The van der Waals surface area contributed by atoms with Gasteiger partial charge in [-0.15, -0.1) is 5.56 Å². The second kappa shape index (κ2) is 12.2. The number of benzene rings is 2. The predicted molar refractivity (Wildman–Crippen MR) is 141 cm³/mol. The van der Waals surface area contributed by atoms with Crippen molar-refractivity contribution in [2.24, 2.45) is 0 Å². The van der Waals surface area contributed by atoms with Crippen LogP contribution in [-0.2, 0) is 48.9 Å². The number of aryl methyl sites for hydroxylation is 2. The number of hydrogen-bond acceptors (Lipinski definition) is 0. The predicted octanol–water partition coefficient (Wildman–Crippen LogP) is 2.98. The van der Waals surface area contributed by atoms with E-state index in [1.54, 1.807) is 0 Å². The summed E-state index contributed by atoms with van der Waals surface area (Å²) in [6.07, 6.45) is 1.03.